The van der Waals surface area contributed by atoms with Crippen LogP contribution in [0.4, 0.5) is 4.39 Å². The Morgan fingerprint density at radius 2 is 2.22 bits per heavy atom. The molecule has 0 spiro atoms. The van der Waals surface area contributed by atoms with Crippen molar-refractivity contribution in [2.45, 2.75) is 19.4 Å². The van der Waals surface area contributed by atoms with Gasteiger partial charge >= 0.3 is 11.8 Å². The zero-order chi connectivity index (χ0) is 18.5. The molecule has 1 atom stereocenters. The Morgan fingerprint density at radius 3 is 3.00 bits per heavy atom. The standard InChI is InChI=1S/C18H14FN5O3/c1-9-22-23-17(26-9)18(25)24-6-5-12-15(21-8-20-12)16(24)14-7-10-11(19)3-2-4-13(10)27-14/h2-4,7-8,16H,5-6H2,1H3,(H,20,21)/t16-/m1/s1. The lowest BCUT2D eigenvalue weighted by molar-refractivity contribution is 0.0630. The number of aromatic nitrogens is 4. The number of imidazole rings is 1. The van der Waals surface area contributed by atoms with E-state index in [1.165, 1.54) is 6.07 Å². The number of hydrogen-bond donors (Lipinski definition) is 1. The van der Waals surface area contributed by atoms with Gasteiger partial charge in [-0.25, -0.2) is 9.37 Å². The molecule has 1 aliphatic rings. The zero-order valence-corrected chi connectivity index (χ0v) is 14.3. The summed E-state index contributed by atoms with van der Waals surface area (Å²) in [5.74, 6) is -0.175. The number of hydrogen-bond acceptors (Lipinski definition) is 6. The molecule has 0 saturated carbocycles. The molecule has 0 aliphatic carbocycles. The van der Waals surface area contributed by atoms with Gasteiger partial charge < -0.3 is 18.7 Å². The summed E-state index contributed by atoms with van der Waals surface area (Å²) in [5.41, 5.74) is 1.98. The summed E-state index contributed by atoms with van der Waals surface area (Å²) >= 11 is 0. The average Bonchev–Trinajstić information content (AvgIpc) is 3.39. The Bertz CT molecular complexity index is 1160. The fraction of sp³-hybridized carbons (Fsp3) is 0.222. The topological polar surface area (TPSA) is 101 Å². The molecule has 1 N–H and O–H groups in total. The molecule has 5 rings (SSSR count). The summed E-state index contributed by atoms with van der Waals surface area (Å²) in [6, 6.07) is 5.62. The largest absolute Gasteiger partial charge is 0.458 e. The van der Waals surface area contributed by atoms with Gasteiger partial charge in [0.05, 0.1) is 17.4 Å². The van der Waals surface area contributed by atoms with Crippen molar-refractivity contribution in [3.05, 3.63) is 65.3 Å². The summed E-state index contributed by atoms with van der Waals surface area (Å²) in [4.78, 5) is 22.0. The number of benzene rings is 1. The first kappa shape index (κ1) is 15.7. The first-order valence-corrected chi connectivity index (χ1v) is 8.43. The molecule has 4 aromatic rings. The number of H-pyrrole nitrogens is 1. The number of nitrogens with zero attached hydrogens (tertiary/aromatic N) is 4. The molecule has 4 heterocycles. The van der Waals surface area contributed by atoms with Gasteiger partial charge in [-0.3, -0.25) is 4.79 Å². The van der Waals surface area contributed by atoms with E-state index >= 15 is 0 Å². The number of carbonyl (C=O) groups excluding carboxylic acids is 1. The molecule has 8 nitrogen and oxygen atoms in total. The highest BCUT2D eigenvalue weighted by Crippen LogP contribution is 2.37. The Balaban J connectivity index is 1.64. The van der Waals surface area contributed by atoms with Gasteiger partial charge in [0.2, 0.25) is 5.89 Å². The van der Waals surface area contributed by atoms with Gasteiger partial charge in [-0.2, -0.15) is 0 Å². The molecule has 1 aliphatic heterocycles. The van der Waals surface area contributed by atoms with Gasteiger partial charge in [-0.05, 0) is 18.2 Å². The highest BCUT2D eigenvalue weighted by molar-refractivity contribution is 5.90. The Labute approximate surface area is 152 Å². The number of halogens is 1. The van der Waals surface area contributed by atoms with E-state index in [1.54, 1.807) is 36.4 Å². The molecule has 0 unspecified atom stereocenters. The molecule has 9 heteroatoms. The van der Waals surface area contributed by atoms with Gasteiger partial charge in [0, 0.05) is 25.6 Å². The maximum absolute atomic E-state index is 14.1. The van der Waals surface area contributed by atoms with E-state index in [0.717, 1.165) is 5.69 Å². The lowest BCUT2D eigenvalue weighted by Crippen LogP contribution is -2.40. The van der Waals surface area contributed by atoms with Crippen molar-refractivity contribution in [2.75, 3.05) is 6.54 Å². The molecule has 0 fully saturated rings. The predicted molar refractivity (Wildman–Crippen MR) is 90.4 cm³/mol. The summed E-state index contributed by atoms with van der Waals surface area (Å²) in [5, 5.41) is 7.90. The Kier molecular flexibility index (Phi) is 3.36. The van der Waals surface area contributed by atoms with Crippen LogP contribution in [0.25, 0.3) is 11.0 Å². The third kappa shape index (κ3) is 2.42. The summed E-state index contributed by atoms with van der Waals surface area (Å²) in [6.07, 6.45) is 2.17. The van der Waals surface area contributed by atoms with Crippen molar-refractivity contribution < 1.29 is 18.0 Å². The fourth-order valence-corrected chi connectivity index (χ4v) is 3.47. The normalized spacial score (nSPS) is 16.7. The van der Waals surface area contributed by atoms with E-state index in [4.69, 9.17) is 8.83 Å². The van der Waals surface area contributed by atoms with Crippen LogP contribution in [0.15, 0.2) is 39.4 Å². The van der Waals surface area contributed by atoms with Gasteiger partial charge in [-0.15, -0.1) is 10.2 Å². The van der Waals surface area contributed by atoms with Gasteiger partial charge in [0.25, 0.3) is 0 Å². The van der Waals surface area contributed by atoms with Crippen molar-refractivity contribution in [1.29, 1.82) is 0 Å². The average molecular weight is 367 g/mol. The van der Waals surface area contributed by atoms with Crippen LogP contribution in [0, 0.1) is 12.7 Å². The monoisotopic (exact) mass is 367 g/mol. The van der Waals surface area contributed by atoms with Crippen molar-refractivity contribution in [1.82, 2.24) is 25.1 Å². The smallest absolute Gasteiger partial charge is 0.312 e. The van der Waals surface area contributed by atoms with E-state index in [0.29, 0.717) is 41.3 Å². The van der Waals surface area contributed by atoms with Crippen LogP contribution < -0.4 is 0 Å². The van der Waals surface area contributed by atoms with Gasteiger partial charge in [-0.1, -0.05) is 6.07 Å². The summed E-state index contributed by atoms with van der Waals surface area (Å²) in [7, 11) is 0. The maximum atomic E-state index is 14.1. The number of nitrogens with one attached hydrogen (secondary N) is 1. The lowest BCUT2D eigenvalue weighted by Gasteiger charge is -2.32. The molecular formula is C18H14FN5O3. The first-order valence-electron chi connectivity index (χ1n) is 8.43. The third-order valence-corrected chi connectivity index (χ3v) is 4.69. The summed E-state index contributed by atoms with van der Waals surface area (Å²) < 4.78 is 25.3. The molecule has 136 valence electrons. The molecule has 1 amide bonds. The van der Waals surface area contributed by atoms with Crippen molar-refractivity contribution >= 4 is 16.9 Å². The molecular weight excluding hydrogens is 353 g/mol. The molecule has 27 heavy (non-hydrogen) atoms. The summed E-state index contributed by atoms with van der Waals surface area (Å²) in [6.45, 7) is 2.02. The van der Waals surface area contributed by atoms with Crippen LogP contribution >= 0.6 is 0 Å². The quantitative estimate of drug-likeness (QED) is 0.585. The fourth-order valence-electron chi connectivity index (χ4n) is 3.47. The number of aromatic amines is 1. The minimum absolute atomic E-state index is 0.0984. The van der Waals surface area contributed by atoms with E-state index < -0.39 is 11.9 Å². The molecule has 1 aromatic carbocycles. The van der Waals surface area contributed by atoms with Crippen molar-refractivity contribution in [2.24, 2.45) is 0 Å². The van der Waals surface area contributed by atoms with Crippen LogP contribution in [0.2, 0.25) is 0 Å². The van der Waals surface area contributed by atoms with Crippen molar-refractivity contribution in [3.63, 3.8) is 0 Å². The molecule has 0 bridgehead atoms. The molecule has 0 radical (unpaired) electrons. The second kappa shape index (κ2) is 5.76. The minimum Gasteiger partial charge on any atom is -0.458 e. The van der Waals surface area contributed by atoms with Crippen LogP contribution in [-0.2, 0) is 6.42 Å². The number of fused-ring (bicyclic) bond motifs is 2. The lowest BCUT2D eigenvalue weighted by atomic mass is 10.00. The van der Waals surface area contributed by atoms with E-state index in [-0.39, 0.29) is 11.7 Å². The number of rotatable bonds is 2. The highest BCUT2D eigenvalue weighted by Gasteiger charge is 2.38. The van der Waals surface area contributed by atoms with Crippen molar-refractivity contribution in [3.8, 4) is 0 Å². The maximum Gasteiger partial charge on any atom is 0.312 e. The van der Waals surface area contributed by atoms with Crippen LogP contribution in [0.3, 0.4) is 0 Å². The highest BCUT2D eigenvalue weighted by atomic mass is 19.1. The number of furan rings is 1. The van der Waals surface area contributed by atoms with Crippen LogP contribution in [0.1, 0.15) is 39.8 Å². The van der Waals surface area contributed by atoms with Crippen LogP contribution in [0.5, 0.6) is 0 Å². The second-order valence-corrected chi connectivity index (χ2v) is 6.34. The molecule has 0 saturated heterocycles. The second-order valence-electron chi connectivity index (χ2n) is 6.34. The minimum atomic E-state index is -0.619. The Hall–Kier alpha value is -3.49. The predicted octanol–water partition coefficient (Wildman–Crippen LogP) is 2.77. The molecule has 3 aromatic heterocycles. The van der Waals surface area contributed by atoms with E-state index in [9.17, 15) is 9.18 Å². The SMILES string of the molecule is Cc1nnc(C(=O)N2CCc3[nH]cnc3[C@H]2c2cc3c(F)cccc3o2)o1. The van der Waals surface area contributed by atoms with Gasteiger partial charge in [0.15, 0.2) is 0 Å². The number of amides is 1. The van der Waals surface area contributed by atoms with E-state index in [1.807, 2.05) is 0 Å². The number of aryl methyl sites for hydroxylation is 1. The van der Waals surface area contributed by atoms with E-state index in [2.05, 4.69) is 20.2 Å². The number of carbonyl (C=O) groups is 1. The zero-order valence-electron chi connectivity index (χ0n) is 14.3. The van der Waals surface area contributed by atoms with Gasteiger partial charge in [0.1, 0.15) is 23.2 Å². The third-order valence-electron chi connectivity index (χ3n) is 4.69. The first-order chi connectivity index (χ1) is 13.1. The van der Waals surface area contributed by atoms with Crippen LogP contribution in [-0.4, -0.2) is 37.5 Å². The Morgan fingerprint density at radius 1 is 1.33 bits per heavy atom.